The summed E-state index contributed by atoms with van der Waals surface area (Å²) in [5.74, 6) is -0.256. The molecule has 29 heavy (non-hydrogen) atoms. The lowest BCUT2D eigenvalue weighted by Crippen LogP contribution is -2.27. The van der Waals surface area contributed by atoms with Gasteiger partial charge in [0.05, 0.1) is 10.6 Å². The van der Waals surface area contributed by atoms with Gasteiger partial charge in [-0.25, -0.2) is 8.42 Å². The Labute approximate surface area is 176 Å². The van der Waals surface area contributed by atoms with E-state index in [1.807, 2.05) is 31.2 Å². The molecule has 0 aromatic heterocycles. The van der Waals surface area contributed by atoms with Crippen molar-refractivity contribution in [2.75, 3.05) is 16.7 Å². The molecule has 1 amide bonds. The molecule has 0 bridgehead atoms. The molecule has 0 atom stereocenters. The maximum Gasteiger partial charge on any atom is 0.264 e. The number of carbonyl (C=O) groups excluding carboxylic acids is 1. The zero-order chi connectivity index (χ0) is 21.2. The van der Waals surface area contributed by atoms with E-state index in [9.17, 15) is 13.2 Å². The number of benzene rings is 3. The summed E-state index contributed by atoms with van der Waals surface area (Å²) in [4.78, 5) is 12.7. The molecule has 0 unspecified atom stereocenters. The van der Waals surface area contributed by atoms with E-state index in [1.54, 1.807) is 25.1 Å². The maximum absolute atomic E-state index is 12.9. The maximum atomic E-state index is 12.9. The fraction of sp³-hybridized carbons (Fsp3) is 0.136. The predicted molar refractivity (Wildman–Crippen MR) is 117 cm³/mol. The number of halogens is 1. The molecule has 5 nitrogen and oxygen atoms in total. The standard InChI is InChI=1S/C22H21ClN2O3S/c1-15-5-4-6-19(13-15)24-22(26)17-7-12-21(16(2)14-17)25(3)29(27,28)20-10-8-18(23)9-11-20/h4-14H,1-3H3,(H,24,26). The van der Waals surface area contributed by atoms with Gasteiger partial charge in [0.2, 0.25) is 0 Å². The molecule has 0 radical (unpaired) electrons. The van der Waals surface area contributed by atoms with Crippen LogP contribution in [0.25, 0.3) is 0 Å². The van der Waals surface area contributed by atoms with Crippen LogP contribution in [0.3, 0.4) is 0 Å². The summed E-state index contributed by atoms with van der Waals surface area (Å²) in [6.07, 6.45) is 0. The molecule has 0 aliphatic carbocycles. The van der Waals surface area contributed by atoms with Gasteiger partial charge >= 0.3 is 0 Å². The molecule has 0 heterocycles. The van der Waals surface area contributed by atoms with E-state index in [0.717, 1.165) is 5.56 Å². The van der Waals surface area contributed by atoms with Crippen molar-refractivity contribution in [1.29, 1.82) is 0 Å². The summed E-state index contributed by atoms with van der Waals surface area (Å²) in [6, 6.07) is 18.4. The van der Waals surface area contributed by atoms with Crippen LogP contribution < -0.4 is 9.62 Å². The molecular weight excluding hydrogens is 408 g/mol. The lowest BCUT2D eigenvalue weighted by molar-refractivity contribution is 0.102. The van der Waals surface area contributed by atoms with E-state index in [1.165, 1.54) is 35.6 Å². The largest absolute Gasteiger partial charge is 0.322 e. The molecule has 1 N–H and O–H groups in total. The lowest BCUT2D eigenvalue weighted by Gasteiger charge is -2.22. The van der Waals surface area contributed by atoms with E-state index < -0.39 is 10.0 Å². The Kier molecular flexibility index (Phi) is 5.96. The Bertz CT molecular complexity index is 1160. The normalized spacial score (nSPS) is 11.2. The summed E-state index contributed by atoms with van der Waals surface area (Å²) < 4.78 is 27.0. The third-order valence-electron chi connectivity index (χ3n) is 4.55. The summed E-state index contributed by atoms with van der Waals surface area (Å²) in [5.41, 5.74) is 3.36. The molecule has 3 rings (SSSR count). The molecule has 0 saturated heterocycles. The first-order valence-corrected chi connectivity index (χ1v) is 10.7. The highest BCUT2D eigenvalue weighted by molar-refractivity contribution is 7.92. The summed E-state index contributed by atoms with van der Waals surface area (Å²) in [5, 5.41) is 3.32. The Hall–Kier alpha value is -2.83. The number of anilines is 2. The van der Waals surface area contributed by atoms with Crippen LogP contribution in [0.2, 0.25) is 5.02 Å². The summed E-state index contributed by atoms with van der Waals surface area (Å²) in [7, 11) is -2.26. The molecule has 0 spiro atoms. The highest BCUT2D eigenvalue weighted by atomic mass is 35.5. The molecular formula is C22H21ClN2O3S. The van der Waals surface area contributed by atoms with Gasteiger partial charge in [0.1, 0.15) is 0 Å². The van der Waals surface area contributed by atoms with Gasteiger partial charge in [0.25, 0.3) is 15.9 Å². The van der Waals surface area contributed by atoms with Crippen molar-refractivity contribution in [1.82, 2.24) is 0 Å². The third kappa shape index (κ3) is 4.60. The first-order valence-electron chi connectivity index (χ1n) is 8.91. The van der Waals surface area contributed by atoms with Crippen LogP contribution in [-0.4, -0.2) is 21.4 Å². The topological polar surface area (TPSA) is 66.5 Å². The second-order valence-electron chi connectivity index (χ2n) is 6.75. The van der Waals surface area contributed by atoms with Crippen molar-refractivity contribution < 1.29 is 13.2 Å². The minimum Gasteiger partial charge on any atom is -0.322 e. The Morgan fingerprint density at radius 2 is 1.66 bits per heavy atom. The average Bonchev–Trinajstić information content (AvgIpc) is 2.67. The molecule has 3 aromatic rings. The zero-order valence-corrected chi connectivity index (χ0v) is 17.9. The SMILES string of the molecule is Cc1cccc(NC(=O)c2ccc(N(C)S(=O)(=O)c3ccc(Cl)cc3)c(C)c2)c1. The quantitative estimate of drug-likeness (QED) is 0.619. The van der Waals surface area contributed by atoms with Crippen LogP contribution in [0.1, 0.15) is 21.5 Å². The minimum atomic E-state index is -3.74. The van der Waals surface area contributed by atoms with Gasteiger partial charge in [-0.3, -0.25) is 9.10 Å². The van der Waals surface area contributed by atoms with Crippen molar-refractivity contribution in [3.05, 3.63) is 88.4 Å². The number of rotatable bonds is 5. The highest BCUT2D eigenvalue weighted by Crippen LogP contribution is 2.27. The van der Waals surface area contributed by atoms with E-state index in [0.29, 0.717) is 27.5 Å². The number of sulfonamides is 1. The Morgan fingerprint density at radius 1 is 0.966 bits per heavy atom. The smallest absolute Gasteiger partial charge is 0.264 e. The molecule has 3 aromatic carbocycles. The van der Waals surface area contributed by atoms with E-state index in [4.69, 9.17) is 11.6 Å². The Morgan fingerprint density at radius 3 is 2.28 bits per heavy atom. The van der Waals surface area contributed by atoms with Gasteiger partial charge in [-0.1, -0.05) is 23.7 Å². The summed E-state index contributed by atoms with van der Waals surface area (Å²) in [6.45, 7) is 3.72. The zero-order valence-electron chi connectivity index (χ0n) is 16.3. The van der Waals surface area contributed by atoms with Crippen LogP contribution in [0.15, 0.2) is 71.6 Å². The van der Waals surface area contributed by atoms with Crippen molar-refractivity contribution in [2.45, 2.75) is 18.7 Å². The number of amides is 1. The number of hydrogen-bond donors (Lipinski definition) is 1. The molecule has 150 valence electrons. The van der Waals surface area contributed by atoms with E-state index in [-0.39, 0.29) is 10.8 Å². The van der Waals surface area contributed by atoms with Gasteiger partial charge in [-0.2, -0.15) is 0 Å². The summed E-state index contributed by atoms with van der Waals surface area (Å²) >= 11 is 5.85. The third-order valence-corrected chi connectivity index (χ3v) is 6.58. The number of carbonyl (C=O) groups is 1. The van der Waals surface area contributed by atoms with Gasteiger partial charge in [0, 0.05) is 23.3 Å². The van der Waals surface area contributed by atoms with Gasteiger partial charge in [0.15, 0.2) is 0 Å². The Balaban J connectivity index is 1.85. The van der Waals surface area contributed by atoms with Crippen molar-refractivity contribution >= 4 is 38.9 Å². The lowest BCUT2D eigenvalue weighted by atomic mass is 10.1. The number of nitrogens with zero attached hydrogens (tertiary/aromatic N) is 1. The van der Waals surface area contributed by atoms with E-state index >= 15 is 0 Å². The number of nitrogens with one attached hydrogen (secondary N) is 1. The van der Waals surface area contributed by atoms with Crippen LogP contribution in [0.4, 0.5) is 11.4 Å². The molecule has 7 heteroatoms. The van der Waals surface area contributed by atoms with Gasteiger partial charge in [-0.15, -0.1) is 0 Å². The molecule has 0 saturated carbocycles. The fourth-order valence-electron chi connectivity index (χ4n) is 2.97. The second-order valence-corrected chi connectivity index (χ2v) is 9.16. The van der Waals surface area contributed by atoms with Crippen LogP contribution in [0.5, 0.6) is 0 Å². The molecule has 0 aliphatic rings. The van der Waals surface area contributed by atoms with Gasteiger partial charge in [-0.05, 0) is 79.6 Å². The molecule has 0 aliphatic heterocycles. The average molecular weight is 429 g/mol. The predicted octanol–water partition coefficient (Wildman–Crippen LogP) is 5.03. The van der Waals surface area contributed by atoms with Crippen molar-refractivity contribution in [3.63, 3.8) is 0 Å². The number of aryl methyl sites for hydroxylation is 2. The monoisotopic (exact) mass is 428 g/mol. The van der Waals surface area contributed by atoms with Crippen LogP contribution in [0, 0.1) is 13.8 Å². The van der Waals surface area contributed by atoms with Crippen molar-refractivity contribution in [3.8, 4) is 0 Å². The fourth-order valence-corrected chi connectivity index (χ4v) is 4.36. The first kappa shape index (κ1) is 20.9. The van der Waals surface area contributed by atoms with Crippen LogP contribution >= 0.6 is 11.6 Å². The highest BCUT2D eigenvalue weighted by Gasteiger charge is 2.23. The number of hydrogen-bond acceptors (Lipinski definition) is 3. The van der Waals surface area contributed by atoms with Gasteiger partial charge < -0.3 is 5.32 Å². The van der Waals surface area contributed by atoms with Crippen LogP contribution in [-0.2, 0) is 10.0 Å². The molecule has 0 fully saturated rings. The minimum absolute atomic E-state index is 0.144. The first-order chi connectivity index (χ1) is 13.7. The van der Waals surface area contributed by atoms with Crippen molar-refractivity contribution in [2.24, 2.45) is 0 Å². The van der Waals surface area contributed by atoms with E-state index in [2.05, 4.69) is 5.32 Å². The second kappa shape index (κ2) is 8.27.